The van der Waals surface area contributed by atoms with E-state index in [-0.39, 0.29) is 10.7 Å². The second kappa shape index (κ2) is 6.64. The van der Waals surface area contributed by atoms with Crippen molar-refractivity contribution in [3.05, 3.63) is 48.0 Å². The molecule has 0 spiro atoms. The van der Waals surface area contributed by atoms with Gasteiger partial charge in [-0.05, 0) is 24.3 Å². The fraction of sp³-hybridized carbons (Fsp3) is 0.316. The molecule has 0 atom stereocenters. The molecular weight excluding hydrogens is 354 g/mol. The average Bonchev–Trinajstić information content (AvgIpc) is 2.60. The van der Waals surface area contributed by atoms with Gasteiger partial charge in [-0.1, -0.05) is 32.9 Å². The van der Waals surface area contributed by atoms with Gasteiger partial charge in [0.25, 0.3) is 10.0 Å². The zero-order chi connectivity index (χ0) is 18.9. The lowest BCUT2D eigenvalue weighted by atomic mass is 9.87. The van der Waals surface area contributed by atoms with Crippen molar-refractivity contribution in [2.45, 2.75) is 25.7 Å². The lowest BCUT2D eigenvalue weighted by Gasteiger charge is -2.19. The Balaban J connectivity index is 1.81. The maximum absolute atomic E-state index is 12.6. The third-order valence-corrected chi connectivity index (χ3v) is 5.30. The van der Waals surface area contributed by atoms with Crippen LogP contribution in [0.15, 0.2) is 47.4 Å². The van der Waals surface area contributed by atoms with Gasteiger partial charge in [-0.3, -0.25) is 9.52 Å². The van der Waals surface area contributed by atoms with E-state index < -0.39 is 15.4 Å². The molecule has 2 aromatic rings. The van der Waals surface area contributed by atoms with Crippen molar-refractivity contribution in [3.63, 3.8) is 0 Å². The monoisotopic (exact) mass is 375 g/mol. The van der Waals surface area contributed by atoms with E-state index >= 15 is 0 Å². The summed E-state index contributed by atoms with van der Waals surface area (Å²) in [5.41, 5.74) is 0.337. The first-order chi connectivity index (χ1) is 12.2. The van der Waals surface area contributed by atoms with Gasteiger partial charge in [-0.25, -0.2) is 8.42 Å². The van der Waals surface area contributed by atoms with Crippen LogP contribution in [0.4, 0.5) is 5.69 Å². The molecule has 0 unspecified atom stereocenters. The molecule has 0 radical (unpaired) electrons. The topological polar surface area (TPSA) is 81.7 Å². The van der Waals surface area contributed by atoms with E-state index in [0.29, 0.717) is 36.0 Å². The van der Waals surface area contributed by atoms with E-state index in [0.717, 1.165) is 0 Å². The van der Waals surface area contributed by atoms with E-state index in [1.54, 1.807) is 18.2 Å². The third kappa shape index (κ3) is 3.83. The van der Waals surface area contributed by atoms with E-state index in [9.17, 15) is 13.2 Å². The summed E-state index contributed by atoms with van der Waals surface area (Å²) in [6, 6.07) is 10.8. The van der Waals surface area contributed by atoms with Crippen LogP contribution in [0.25, 0.3) is 0 Å². The molecular formula is C19H21NO5S. The fourth-order valence-corrected chi connectivity index (χ4v) is 3.59. The number of ketones is 1. The summed E-state index contributed by atoms with van der Waals surface area (Å²) in [7, 11) is -3.78. The summed E-state index contributed by atoms with van der Waals surface area (Å²) < 4.78 is 38.6. The number of carbonyl (C=O) groups is 1. The van der Waals surface area contributed by atoms with Gasteiger partial charge >= 0.3 is 0 Å². The van der Waals surface area contributed by atoms with Crippen LogP contribution in [0.1, 0.15) is 31.1 Å². The Hall–Kier alpha value is -2.54. The van der Waals surface area contributed by atoms with Gasteiger partial charge in [0.05, 0.1) is 10.6 Å². The molecule has 138 valence electrons. The first-order valence-electron chi connectivity index (χ1n) is 8.24. The average molecular weight is 375 g/mol. The minimum atomic E-state index is -3.78. The van der Waals surface area contributed by atoms with Crippen LogP contribution in [0, 0.1) is 5.41 Å². The molecule has 0 aromatic heterocycles. The zero-order valence-electron chi connectivity index (χ0n) is 14.9. The zero-order valence-corrected chi connectivity index (χ0v) is 15.7. The lowest BCUT2D eigenvalue weighted by Crippen LogP contribution is -2.20. The van der Waals surface area contributed by atoms with Crippen molar-refractivity contribution >= 4 is 21.5 Å². The molecule has 1 heterocycles. The van der Waals surface area contributed by atoms with Crippen molar-refractivity contribution in [1.82, 2.24) is 0 Å². The Labute approximate surface area is 153 Å². The first kappa shape index (κ1) is 18.3. The van der Waals surface area contributed by atoms with Crippen molar-refractivity contribution in [1.29, 1.82) is 0 Å². The van der Waals surface area contributed by atoms with E-state index in [1.165, 1.54) is 24.3 Å². The Bertz CT molecular complexity index is 927. The van der Waals surface area contributed by atoms with Crippen molar-refractivity contribution < 1.29 is 22.7 Å². The Morgan fingerprint density at radius 1 is 0.962 bits per heavy atom. The highest BCUT2D eigenvalue weighted by molar-refractivity contribution is 7.92. The number of hydrogen-bond donors (Lipinski definition) is 1. The lowest BCUT2D eigenvalue weighted by molar-refractivity contribution is 0.0858. The normalized spacial score (nSPS) is 14.0. The number of carbonyl (C=O) groups excluding carboxylic acids is 1. The number of anilines is 1. The van der Waals surface area contributed by atoms with Gasteiger partial charge < -0.3 is 9.47 Å². The van der Waals surface area contributed by atoms with Crippen LogP contribution in [0.5, 0.6) is 11.5 Å². The van der Waals surface area contributed by atoms with E-state index in [1.807, 2.05) is 20.8 Å². The summed E-state index contributed by atoms with van der Waals surface area (Å²) in [5, 5.41) is 0. The SMILES string of the molecule is CC(C)(C)C(=O)c1ccc(S(=O)(=O)Nc2ccc3c(c2)OCCO3)cc1. The quantitative estimate of drug-likeness (QED) is 0.828. The van der Waals surface area contributed by atoms with E-state index in [4.69, 9.17) is 9.47 Å². The number of benzene rings is 2. The molecule has 1 N–H and O–H groups in total. The summed E-state index contributed by atoms with van der Waals surface area (Å²) in [6.07, 6.45) is 0. The Morgan fingerprint density at radius 3 is 2.19 bits per heavy atom. The number of ether oxygens (including phenoxy) is 2. The van der Waals surface area contributed by atoms with E-state index in [2.05, 4.69) is 4.72 Å². The van der Waals surface area contributed by atoms with Gasteiger partial charge in [-0.2, -0.15) is 0 Å². The molecule has 0 amide bonds. The van der Waals surface area contributed by atoms with Gasteiger partial charge in [0, 0.05) is 17.0 Å². The van der Waals surface area contributed by atoms with Crippen LogP contribution < -0.4 is 14.2 Å². The second-order valence-corrected chi connectivity index (χ2v) is 8.75. The third-order valence-electron chi connectivity index (χ3n) is 3.90. The smallest absolute Gasteiger partial charge is 0.261 e. The highest BCUT2D eigenvalue weighted by atomic mass is 32.2. The fourth-order valence-electron chi connectivity index (χ4n) is 2.54. The second-order valence-electron chi connectivity index (χ2n) is 7.07. The number of fused-ring (bicyclic) bond motifs is 1. The summed E-state index contributed by atoms with van der Waals surface area (Å²) in [5.74, 6) is 1.05. The van der Waals surface area contributed by atoms with Crippen LogP contribution in [0.2, 0.25) is 0 Å². The summed E-state index contributed by atoms with van der Waals surface area (Å²) in [6.45, 7) is 6.36. The first-order valence-corrected chi connectivity index (χ1v) is 9.72. The number of hydrogen-bond acceptors (Lipinski definition) is 5. The molecule has 0 aliphatic carbocycles. The number of Topliss-reactive ketones (excluding diaryl/α,β-unsaturated/α-hetero) is 1. The van der Waals surface area contributed by atoms with Crippen molar-refractivity contribution in [2.24, 2.45) is 5.41 Å². The maximum atomic E-state index is 12.6. The van der Waals surface area contributed by atoms with Gasteiger partial charge in [0.1, 0.15) is 13.2 Å². The molecule has 0 bridgehead atoms. The Kier molecular flexibility index (Phi) is 4.66. The molecule has 26 heavy (non-hydrogen) atoms. The largest absolute Gasteiger partial charge is 0.486 e. The molecule has 0 saturated heterocycles. The van der Waals surface area contributed by atoms with Gasteiger partial charge in [-0.15, -0.1) is 0 Å². The number of rotatable bonds is 4. The summed E-state index contributed by atoms with van der Waals surface area (Å²) in [4.78, 5) is 12.3. The molecule has 1 aliphatic rings. The molecule has 7 heteroatoms. The standard InChI is InChI=1S/C19H21NO5S/c1-19(2,3)18(21)13-4-7-15(8-5-13)26(22,23)20-14-6-9-16-17(12-14)25-11-10-24-16/h4-9,12,20H,10-11H2,1-3H3. The molecule has 6 nitrogen and oxygen atoms in total. The minimum absolute atomic E-state index is 0.0405. The van der Waals surface area contributed by atoms with Crippen LogP contribution in [-0.2, 0) is 10.0 Å². The van der Waals surface area contributed by atoms with Crippen molar-refractivity contribution in [3.8, 4) is 11.5 Å². The number of nitrogens with one attached hydrogen (secondary N) is 1. The van der Waals surface area contributed by atoms with Crippen LogP contribution >= 0.6 is 0 Å². The van der Waals surface area contributed by atoms with Crippen LogP contribution in [0.3, 0.4) is 0 Å². The molecule has 0 saturated carbocycles. The van der Waals surface area contributed by atoms with Crippen LogP contribution in [-0.4, -0.2) is 27.4 Å². The maximum Gasteiger partial charge on any atom is 0.261 e. The molecule has 3 rings (SSSR count). The van der Waals surface area contributed by atoms with Gasteiger partial charge in [0.15, 0.2) is 17.3 Å². The molecule has 0 fully saturated rings. The van der Waals surface area contributed by atoms with Crippen molar-refractivity contribution in [2.75, 3.05) is 17.9 Å². The Morgan fingerprint density at radius 2 is 1.58 bits per heavy atom. The number of sulfonamides is 1. The predicted molar refractivity (Wildman–Crippen MR) is 98.5 cm³/mol. The minimum Gasteiger partial charge on any atom is -0.486 e. The predicted octanol–water partition coefficient (Wildman–Crippen LogP) is 3.49. The molecule has 1 aliphatic heterocycles. The molecule has 2 aromatic carbocycles. The van der Waals surface area contributed by atoms with Gasteiger partial charge in [0.2, 0.25) is 0 Å². The highest BCUT2D eigenvalue weighted by Crippen LogP contribution is 2.33. The summed E-state index contributed by atoms with van der Waals surface area (Å²) >= 11 is 0. The highest BCUT2D eigenvalue weighted by Gasteiger charge is 2.24.